The molecule has 1 rings (SSSR count). The van der Waals surface area contributed by atoms with Gasteiger partial charge in [0.25, 0.3) is 0 Å². The maximum absolute atomic E-state index is 11.1. The first-order valence-electron chi connectivity index (χ1n) is 4.53. The second kappa shape index (κ2) is 3.90. The van der Waals surface area contributed by atoms with Gasteiger partial charge in [0.15, 0.2) is 0 Å². The highest BCUT2D eigenvalue weighted by Crippen LogP contribution is 2.12. The summed E-state index contributed by atoms with van der Waals surface area (Å²) in [6.45, 7) is 3.83. The molecule has 0 aromatic carbocycles. The van der Waals surface area contributed by atoms with Gasteiger partial charge >= 0.3 is 0 Å². The summed E-state index contributed by atoms with van der Waals surface area (Å²) in [7, 11) is 4.01. The monoisotopic (exact) mass is 170 g/mol. The Labute approximate surface area is 74.3 Å². The van der Waals surface area contributed by atoms with Crippen LogP contribution in [0.25, 0.3) is 0 Å². The molecule has 12 heavy (non-hydrogen) atoms. The van der Waals surface area contributed by atoms with Crippen LogP contribution in [0.1, 0.15) is 19.8 Å². The molecule has 1 atom stereocenters. The van der Waals surface area contributed by atoms with Gasteiger partial charge in [0.05, 0.1) is 0 Å². The molecule has 0 N–H and O–H groups in total. The van der Waals surface area contributed by atoms with Crippen LogP contribution in [-0.4, -0.2) is 48.9 Å². The Morgan fingerprint density at radius 2 is 2.25 bits per heavy atom. The third-order valence-corrected chi connectivity index (χ3v) is 2.64. The molecule has 0 aromatic rings. The zero-order valence-corrected chi connectivity index (χ0v) is 8.21. The predicted molar refractivity (Wildman–Crippen MR) is 49.0 cm³/mol. The molecule has 1 heterocycles. The van der Waals surface area contributed by atoms with E-state index in [1.807, 2.05) is 11.9 Å². The largest absolute Gasteiger partial charge is 0.342 e. The normalized spacial score (nSPS) is 25.4. The van der Waals surface area contributed by atoms with Gasteiger partial charge in [-0.1, -0.05) is 0 Å². The second-order valence-corrected chi connectivity index (χ2v) is 3.69. The molecule has 0 spiro atoms. The Bertz CT molecular complexity index is 170. The molecule has 1 fully saturated rings. The van der Waals surface area contributed by atoms with Crippen LogP contribution in [0.3, 0.4) is 0 Å². The fourth-order valence-corrected chi connectivity index (χ4v) is 1.71. The van der Waals surface area contributed by atoms with Crippen molar-refractivity contribution in [1.29, 1.82) is 0 Å². The average molecular weight is 170 g/mol. The molecule has 0 aromatic heterocycles. The molecular weight excluding hydrogens is 152 g/mol. The van der Waals surface area contributed by atoms with Gasteiger partial charge in [0, 0.05) is 26.6 Å². The highest BCUT2D eigenvalue weighted by Gasteiger charge is 2.21. The van der Waals surface area contributed by atoms with E-state index in [4.69, 9.17) is 0 Å². The lowest BCUT2D eigenvalue weighted by Gasteiger charge is -2.35. The number of likely N-dealkylation sites (N-methyl/N-ethyl adjacent to an activating group) is 2. The second-order valence-electron chi connectivity index (χ2n) is 3.69. The highest BCUT2D eigenvalue weighted by molar-refractivity contribution is 5.73. The van der Waals surface area contributed by atoms with Gasteiger partial charge < -0.3 is 9.80 Å². The van der Waals surface area contributed by atoms with Crippen molar-refractivity contribution in [3.63, 3.8) is 0 Å². The topological polar surface area (TPSA) is 23.6 Å². The summed E-state index contributed by atoms with van der Waals surface area (Å²) in [5.74, 6) is 0.176. The first-order valence-corrected chi connectivity index (χ1v) is 4.53. The van der Waals surface area contributed by atoms with Crippen LogP contribution in [0.4, 0.5) is 0 Å². The molecule has 1 aliphatic rings. The number of likely N-dealkylation sites (tertiary alicyclic amines) is 1. The Morgan fingerprint density at radius 3 is 2.75 bits per heavy atom. The maximum atomic E-state index is 11.1. The predicted octanol–water partition coefficient (Wildman–Crippen LogP) is 0.559. The standard InChI is InChI=1S/C9H18N2O/c1-8(12)11(3)9-5-4-6-10(2)7-9/h9H,4-7H2,1-3H3/t9-/m1/s1. The smallest absolute Gasteiger partial charge is 0.219 e. The van der Waals surface area contributed by atoms with Crippen LogP contribution >= 0.6 is 0 Å². The van der Waals surface area contributed by atoms with Gasteiger partial charge in [-0.3, -0.25) is 4.79 Å². The number of nitrogens with zero attached hydrogens (tertiary/aromatic N) is 2. The van der Waals surface area contributed by atoms with E-state index in [1.165, 1.54) is 13.0 Å². The van der Waals surface area contributed by atoms with Crippen molar-refractivity contribution >= 4 is 5.91 Å². The minimum atomic E-state index is 0.176. The highest BCUT2D eigenvalue weighted by atomic mass is 16.2. The fourth-order valence-electron chi connectivity index (χ4n) is 1.71. The van der Waals surface area contributed by atoms with Gasteiger partial charge in [-0.2, -0.15) is 0 Å². The Morgan fingerprint density at radius 1 is 1.58 bits per heavy atom. The number of rotatable bonds is 1. The van der Waals surface area contributed by atoms with Crippen molar-refractivity contribution in [3.8, 4) is 0 Å². The van der Waals surface area contributed by atoms with Crippen LogP contribution in [0.2, 0.25) is 0 Å². The Kier molecular flexibility index (Phi) is 3.09. The summed E-state index contributed by atoms with van der Waals surface area (Å²) in [5.41, 5.74) is 0. The molecule has 3 heteroatoms. The zero-order chi connectivity index (χ0) is 9.14. The van der Waals surface area contributed by atoms with Crippen LogP contribution in [0.5, 0.6) is 0 Å². The molecular formula is C9H18N2O. The van der Waals surface area contributed by atoms with Gasteiger partial charge in [0.1, 0.15) is 0 Å². The molecule has 1 amide bonds. The summed E-state index contributed by atoms with van der Waals surface area (Å²) in [6.07, 6.45) is 2.36. The minimum Gasteiger partial charge on any atom is -0.342 e. The third kappa shape index (κ3) is 2.21. The van der Waals surface area contributed by atoms with Crippen molar-refractivity contribution in [3.05, 3.63) is 0 Å². The zero-order valence-electron chi connectivity index (χ0n) is 8.21. The summed E-state index contributed by atoms with van der Waals surface area (Å²) < 4.78 is 0. The SMILES string of the molecule is CC(=O)N(C)[C@@H]1CCCN(C)C1. The molecule has 1 saturated heterocycles. The van der Waals surface area contributed by atoms with Gasteiger partial charge in [-0.05, 0) is 26.4 Å². The Balaban J connectivity index is 2.45. The quantitative estimate of drug-likeness (QED) is 0.574. The lowest BCUT2D eigenvalue weighted by Crippen LogP contribution is -2.46. The maximum Gasteiger partial charge on any atom is 0.219 e. The number of amides is 1. The number of piperidine rings is 1. The molecule has 1 aliphatic heterocycles. The van der Waals surface area contributed by atoms with Crippen molar-refractivity contribution in [2.24, 2.45) is 0 Å². The Hall–Kier alpha value is -0.570. The molecule has 0 radical (unpaired) electrons. The first-order chi connectivity index (χ1) is 5.61. The third-order valence-electron chi connectivity index (χ3n) is 2.64. The van der Waals surface area contributed by atoms with E-state index in [0.717, 1.165) is 13.0 Å². The molecule has 0 saturated carbocycles. The number of hydrogen-bond acceptors (Lipinski definition) is 2. The summed E-state index contributed by atoms with van der Waals surface area (Å²) in [4.78, 5) is 15.2. The van der Waals surface area contributed by atoms with E-state index in [-0.39, 0.29) is 5.91 Å². The number of carbonyl (C=O) groups excluding carboxylic acids is 1. The van der Waals surface area contributed by atoms with Crippen LogP contribution in [0, 0.1) is 0 Å². The van der Waals surface area contributed by atoms with Crippen molar-refractivity contribution in [2.75, 3.05) is 27.2 Å². The molecule has 0 aliphatic carbocycles. The van der Waals surface area contributed by atoms with Crippen molar-refractivity contribution < 1.29 is 4.79 Å². The van der Waals surface area contributed by atoms with Crippen LogP contribution in [-0.2, 0) is 4.79 Å². The minimum absolute atomic E-state index is 0.176. The van der Waals surface area contributed by atoms with Crippen LogP contribution < -0.4 is 0 Å². The first kappa shape index (κ1) is 9.52. The summed E-state index contributed by atoms with van der Waals surface area (Å²) in [5, 5.41) is 0. The fraction of sp³-hybridized carbons (Fsp3) is 0.889. The van der Waals surface area contributed by atoms with Gasteiger partial charge in [0.2, 0.25) is 5.91 Å². The number of hydrogen-bond donors (Lipinski definition) is 0. The van der Waals surface area contributed by atoms with Crippen molar-refractivity contribution in [2.45, 2.75) is 25.8 Å². The molecule has 70 valence electrons. The van der Waals surface area contributed by atoms with E-state index < -0.39 is 0 Å². The van der Waals surface area contributed by atoms with Crippen molar-refractivity contribution in [1.82, 2.24) is 9.80 Å². The van der Waals surface area contributed by atoms with E-state index in [1.54, 1.807) is 6.92 Å². The lowest BCUT2D eigenvalue weighted by atomic mass is 10.1. The van der Waals surface area contributed by atoms with Crippen LogP contribution in [0.15, 0.2) is 0 Å². The van der Waals surface area contributed by atoms with E-state index in [0.29, 0.717) is 6.04 Å². The van der Waals surface area contributed by atoms with Gasteiger partial charge in [-0.15, -0.1) is 0 Å². The summed E-state index contributed by atoms with van der Waals surface area (Å²) >= 11 is 0. The number of carbonyl (C=O) groups is 1. The van der Waals surface area contributed by atoms with Gasteiger partial charge in [-0.25, -0.2) is 0 Å². The molecule has 3 nitrogen and oxygen atoms in total. The molecule has 0 bridgehead atoms. The summed E-state index contributed by atoms with van der Waals surface area (Å²) in [6, 6.07) is 0.432. The average Bonchev–Trinajstić information content (AvgIpc) is 2.03. The lowest BCUT2D eigenvalue weighted by molar-refractivity contribution is -0.130. The van der Waals surface area contributed by atoms with E-state index in [2.05, 4.69) is 11.9 Å². The van der Waals surface area contributed by atoms with E-state index >= 15 is 0 Å². The molecule has 0 unspecified atom stereocenters. The van der Waals surface area contributed by atoms with E-state index in [9.17, 15) is 4.79 Å².